The highest BCUT2D eigenvalue weighted by Gasteiger charge is 2.51. The molecule has 0 atom stereocenters. The second-order valence-electron chi connectivity index (χ2n) is 20.4. The third-order valence-corrected chi connectivity index (χ3v) is 19.7. The average Bonchev–Trinajstić information content (AvgIpc) is 0.727. The summed E-state index contributed by atoms with van der Waals surface area (Å²) in [4.78, 5) is 0. The molecule has 0 radical (unpaired) electrons. The van der Waals surface area contributed by atoms with Crippen molar-refractivity contribution in [2.24, 2.45) is 0 Å². The van der Waals surface area contributed by atoms with Crippen LogP contribution in [0.1, 0.15) is 0 Å². The summed E-state index contributed by atoms with van der Waals surface area (Å²) in [6.45, 7) is 0. The molecule has 0 fully saturated rings. The molecule has 0 bridgehead atoms. The van der Waals surface area contributed by atoms with E-state index in [0.29, 0.717) is 23.0 Å². The van der Waals surface area contributed by atoms with Crippen molar-refractivity contribution >= 4 is 126 Å². The first kappa shape index (κ1) is 71.9. The molecule has 0 aliphatic rings. The van der Waals surface area contributed by atoms with Crippen molar-refractivity contribution in [3.63, 3.8) is 0 Å². The monoisotopic (exact) mass is 1440 g/mol. The van der Waals surface area contributed by atoms with Gasteiger partial charge in [0.1, 0.15) is 5.49 Å². The fourth-order valence-corrected chi connectivity index (χ4v) is 12.8. The third-order valence-electron chi connectivity index (χ3n) is 14.3. The topological polar surface area (TPSA) is 222 Å². The van der Waals surface area contributed by atoms with Gasteiger partial charge in [-0.05, 0) is 112 Å². The van der Waals surface area contributed by atoms with Crippen molar-refractivity contribution in [2.75, 3.05) is 5.49 Å². The summed E-state index contributed by atoms with van der Waals surface area (Å²) in [5.74, 6) is -2.14. The van der Waals surface area contributed by atoms with Crippen molar-refractivity contribution in [1.82, 2.24) is 0 Å². The molecule has 0 saturated carbocycles. The Hall–Kier alpha value is -9.36. The molecule has 0 aliphatic heterocycles. The molecule has 14 nitrogen and oxygen atoms in total. The van der Waals surface area contributed by atoms with Gasteiger partial charge in [-0.2, -0.15) is 77.9 Å². The Labute approximate surface area is 545 Å². The first-order valence-electron chi connectivity index (χ1n) is 27.5. The predicted molar refractivity (Wildman–Crippen MR) is 345 cm³/mol. The minimum Gasteiger partial charge on any atom is -0.423 e. The smallest absolute Gasteiger partial charge is 0.423 e. The molecule has 97 heavy (non-hydrogen) atoms. The average molecular weight is 1450 g/mol. The van der Waals surface area contributed by atoms with Crippen molar-refractivity contribution in [2.45, 2.75) is 22.0 Å². The zero-order chi connectivity index (χ0) is 70.7. The van der Waals surface area contributed by atoms with Gasteiger partial charge in [-0.15, -0.1) is 0 Å². The SMILES string of the molecule is O=PCS(=O)(=O)C(F)(F)F.O=S(=O)(Oc1ccc(-c2c3ccccc3c(-c3ccccc3)c3ccccc23)c2ccccc12)C(F)(F)F.O=S(=O)(Oc1ccc(OS(=O)(=O)C(F)(F)F)c2ccccc12)C(F)(F)F.OB(O)c1c2ccccc2c(-c2ccccc2)c2ccccc12. The third kappa shape index (κ3) is 15.3. The van der Waals surface area contributed by atoms with Crippen molar-refractivity contribution in [3.8, 4) is 50.6 Å². The van der Waals surface area contributed by atoms with Gasteiger partial charge in [-0.1, -0.05) is 206 Å². The molecule has 0 aliphatic carbocycles. The van der Waals surface area contributed by atoms with Crippen LogP contribution >= 0.6 is 8.46 Å². The normalized spacial score (nSPS) is 12.5. The van der Waals surface area contributed by atoms with Gasteiger partial charge >= 0.3 is 59.5 Å². The van der Waals surface area contributed by atoms with E-state index in [0.717, 1.165) is 88.6 Å². The molecule has 0 heterocycles. The van der Waals surface area contributed by atoms with Gasteiger partial charge in [0.2, 0.25) is 0 Å². The number of halogens is 12. The summed E-state index contributed by atoms with van der Waals surface area (Å²) in [5, 5.41) is 27.7. The minimum absolute atomic E-state index is 0.262. The van der Waals surface area contributed by atoms with Gasteiger partial charge in [-0.3, -0.25) is 4.57 Å². The van der Waals surface area contributed by atoms with E-state index in [4.69, 9.17) is 0 Å². The van der Waals surface area contributed by atoms with Crippen LogP contribution in [0.15, 0.2) is 231 Å². The molecule has 0 spiro atoms. The molecule has 32 heteroatoms. The molecule has 0 aromatic heterocycles. The number of hydrogen-bond acceptors (Lipinski definition) is 14. The molecule has 0 amide bonds. The second-order valence-corrected chi connectivity index (χ2v) is 28.0. The molecule has 2 N–H and O–H groups in total. The van der Waals surface area contributed by atoms with Crippen LogP contribution in [0, 0.1) is 0 Å². The second kappa shape index (κ2) is 28.0. The quantitative estimate of drug-likeness (QED) is 0.0290. The molecular formula is C65H42BF12O14PS4. The molecule has 12 aromatic carbocycles. The number of rotatable bonds is 12. The standard InChI is InChI=1S/C31H19F3O3S.C20H15BO2.C12H6F6O6S2.C2H2F3O3PS/c32-31(33,34)38(35,36)37-28-19-18-27(21-12-4-5-13-22(21)28)30-25-16-8-6-14-23(25)29(20-10-2-1-3-11-20)24-15-7-9-17-26(24)30;22-21(23)20-17-12-6-4-10-15(17)19(14-8-2-1-3-9-14)16-11-5-7-13-18(16)20;13-11(14,15)25(19,20)23-9-5-6-10(8-4-2-1-3-7(8)9)24-26(21,22)12(16,17)18;3-2(4,5)10(7,8)1-9-6/h1-19H;1-13,22-23H;1-6H;1H2. The number of fused-ring (bicyclic) bond motifs is 6. The van der Waals surface area contributed by atoms with Gasteiger partial charge < -0.3 is 22.6 Å². The van der Waals surface area contributed by atoms with Crippen LogP contribution in [-0.2, 0) is 44.8 Å². The maximum Gasteiger partial charge on any atom is 0.534 e. The summed E-state index contributed by atoms with van der Waals surface area (Å²) >= 11 is 0. The molecule has 0 unspecified atom stereocenters. The lowest BCUT2D eigenvalue weighted by Crippen LogP contribution is -2.31. The van der Waals surface area contributed by atoms with Crippen LogP contribution in [0.3, 0.4) is 0 Å². The highest BCUT2D eigenvalue weighted by molar-refractivity contribution is 7.96. The van der Waals surface area contributed by atoms with Crippen LogP contribution in [0.25, 0.3) is 98.0 Å². The summed E-state index contributed by atoms with van der Waals surface area (Å²) < 4.78 is 257. The highest BCUT2D eigenvalue weighted by Crippen LogP contribution is 2.47. The Balaban J connectivity index is 0.000000164. The zero-order valence-corrected chi connectivity index (χ0v) is 52.8. The number of alkyl halides is 12. The van der Waals surface area contributed by atoms with E-state index in [1.807, 2.05) is 121 Å². The zero-order valence-electron chi connectivity index (χ0n) is 48.6. The molecule has 502 valence electrons. The maximum atomic E-state index is 13.1. The van der Waals surface area contributed by atoms with Crippen LogP contribution in [0.5, 0.6) is 17.2 Å². The minimum atomic E-state index is -6.05. The number of sulfone groups is 1. The van der Waals surface area contributed by atoms with E-state index in [9.17, 15) is 101 Å². The van der Waals surface area contributed by atoms with E-state index in [1.54, 1.807) is 30.3 Å². The summed E-state index contributed by atoms with van der Waals surface area (Å²) in [6.07, 6.45) is 0. The molecule has 0 saturated heterocycles. The van der Waals surface area contributed by atoms with Gasteiger partial charge in [0.05, 0.1) is 0 Å². The van der Waals surface area contributed by atoms with Crippen LogP contribution in [0.2, 0.25) is 0 Å². The maximum absolute atomic E-state index is 13.1. The predicted octanol–water partition coefficient (Wildman–Crippen LogP) is 16.5. The van der Waals surface area contributed by atoms with E-state index >= 15 is 0 Å². The summed E-state index contributed by atoms with van der Waals surface area (Å²) in [5.41, 5.74) is -17.1. The Kier molecular flexibility index (Phi) is 20.8. The molecule has 12 rings (SSSR count). The molecule has 12 aromatic rings. The van der Waals surface area contributed by atoms with Crippen LogP contribution < -0.4 is 18.0 Å². The number of benzene rings is 12. The van der Waals surface area contributed by atoms with E-state index < -0.39 is 106 Å². The lowest BCUT2D eigenvalue weighted by molar-refractivity contribution is -0.0505. The van der Waals surface area contributed by atoms with Gasteiger partial charge in [-0.25, -0.2) is 8.42 Å². The lowest BCUT2D eigenvalue weighted by atomic mass is 9.72. The van der Waals surface area contributed by atoms with Crippen LogP contribution in [0.4, 0.5) is 52.7 Å². The fraction of sp³-hybridized carbons (Fsp3) is 0.0769. The van der Waals surface area contributed by atoms with Gasteiger partial charge in [0, 0.05) is 16.2 Å². The number of hydrogen-bond donors (Lipinski definition) is 2. The van der Waals surface area contributed by atoms with Gasteiger partial charge in [0.25, 0.3) is 9.84 Å². The van der Waals surface area contributed by atoms with E-state index in [2.05, 4.69) is 48.9 Å². The van der Waals surface area contributed by atoms with E-state index in [-0.39, 0.29) is 11.1 Å². The lowest BCUT2D eigenvalue weighted by Gasteiger charge is -2.19. The first-order valence-corrected chi connectivity index (χ1v) is 34.4. The largest absolute Gasteiger partial charge is 0.534 e. The summed E-state index contributed by atoms with van der Waals surface area (Å²) in [7, 11) is -25.7. The van der Waals surface area contributed by atoms with Crippen molar-refractivity contribution in [3.05, 3.63) is 231 Å². The molecular weight excluding hydrogens is 1400 g/mol. The fourth-order valence-electron chi connectivity index (χ4n) is 10.3. The van der Waals surface area contributed by atoms with Crippen molar-refractivity contribution in [1.29, 1.82) is 0 Å². The summed E-state index contributed by atoms with van der Waals surface area (Å²) in [6, 6.07) is 67.2. The highest BCUT2D eigenvalue weighted by atomic mass is 32.2. The van der Waals surface area contributed by atoms with E-state index in [1.165, 1.54) is 18.2 Å². The Morgan fingerprint density at radius 1 is 0.309 bits per heavy atom. The first-order chi connectivity index (χ1) is 45.5. The van der Waals surface area contributed by atoms with Crippen LogP contribution in [-0.4, -0.2) is 78.4 Å². The van der Waals surface area contributed by atoms with Gasteiger partial charge in [0.15, 0.2) is 25.7 Å². The Morgan fingerprint density at radius 3 is 0.835 bits per heavy atom. The van der Waals surface area contributed by atoms with Crippen molar-refractivity contribution < 1.29 is 114 Å². The Morgan fingerprint density at radius 2 is 0.557 bits per heavy atom. The Bertz CT molecular complexity index is 5240.